The van der Waals surface area contributed by atoms with Crippen molar-refractivity contribution < 1.29 is 9.13 Å². The third-order valence-corrected chi connectivity index (χ3v) is 5.40. The predicted octanol–water partition coefficient (Wildman–Crippen LogP) is 2.25. The summed E-state index contributed by atoms with van der Waals surface area (Å²) in [7, 11) is 0. The molecule has 2 fully saturated rings. The maximum atomic E-state index is 14.1. The summed E-state index contributed by atoms with van der Waals surface area (Å²) < 4.78 is 19.5. The van der Waals surface area contributed by atoms with E-state index in [9.17, 15) is 4.39 Å². The second kappa shape index (κ2) is 10.4. The second-order valence-electron chi connectivity index (χ2n) is 7.56. The first kappa shape index (κ1) is 20.6. The zero-order chi connectivity index (χ0) is 19.8. The van der Waals surface area contributed by atoms with Crippen LogP contribution in [-0.4, -0.2) is 56.3 Å². The predicted molar refractivity (Wildman–Crippen MR) is 107 cm³/mol. The molecule has 1 aromatic carbocycles. The van der Waals surface area contributed by atoms with Crippen molar-refractivity contribution in [3.05, 3.63) is 35.1 Å². The largest absolute Gasteiger partial charge is 0.381 e. The molecule has 0 bridgehead atoms. The lowest BCUT2D eigenvalue weighted by Crippen LogP contribution is -2.49. The Morgan fingerprint density at radius 2 is 2.18 bits per heavy atom. The van der Waals surface area contributed by atoms with Crippen LogP contribution in [0.15, 0.2) is 23.2 Å². The Kier molecular flexibility index (Phi) is 7.63. The molecule has 2 heterocycles. The lowest BCUT2D eigenvalue weighted by molar-refractivity contribution is 0.150. The Balaban J connectivity index is 1.50. The maximum absolute atomic E-state index is 14.1. The van der Waals surface area contributed by atoms with E-state index in [2.05, 4.69) is 20.5 Å². The van der Waals surface area contributed by atoms with E-state index >= 15 is 0 Å². The number of piperidine rings is 1. The fourth-order valence-corrected chi connectivity index (χ4v) is 3.78. The van der Waals surface area contributed by atoms with Crippen LogP contribution in [0.25, 0.3) is 0 Å². The highest BCUT2D eigenvalue weighted by Gasteiger charge is 2.24. The van der Waals surface area contributed by atoms with Crippen LogP contribution >= 0.6 is 0 Å². The lowest BCUT2D eigenvalue weighted by atomic mass is 10.0. The fraction of sp³-hybridized carbons (Fsp3) is 0.619. The minimum atomic E-state index is -0.386. The van der Waals surface area contributed by atoms with Gasteiger partial charge < -0.3 is 20.3 Å². The Hall–Kier alpha value is -2.17. The quantitative estimate of drug-likeness (QED) is 0.579. The summed E-state index contributed by atoms with van der Waals surface area (Å²) >= 11 is 0. The van der Waals surface area contributed by atoms with Gasteiger partial charge in [0.25, 0.3) is 0 Å². The van der Waals surface area contributed by atoms with Gasteiger partial charge >= 0.3 is 0 Å². The molecular formula is C21H30FN5O. The summed E-state index contributed by atoms with van der Waals surface area (Å²) in [5, 5.41) is 15.6. The zero-order valence-corrected chi connectivity index (χ0v) is 16.6. The molecule has 0 amide bonds. The molecule has 2 aliphatic rings. The first-order valence-corrected chi connectivity index (χ1v) is 10.2. The zero-order valence-electron chi connectivity index (χ0n) is 16.6. The molecule has 0 radical (unpaired) electrons. The molecule has 6 nitrogen and oxygen atoms in total. The summed E-state index contributed by atoms with van der Waals surface area (Å²) in [6.45, 7) is 8.13. The minimum Gasteiger partial charge on any atom is -0.381 e. The molecule has 0 spiro atoms. The SMILES string of the molecule is CCNC(=NCc1ccc(C#N)cc1F)NC1CCN(CC2CCOC2)CC1. The van der Waals surface area contributed by atoms with E-state index in [1.807, 2.05) is 13.0 Å². The van der Waals surface area contributed by atoms with Crippen molar-refractivity contribution >= 4 is 5.96 Å². The third kappa shape index (κ3) is 5.91. The van der Waals surface area contributed by atoms with Crippen LogP contribution in [0.5, 0.6) is 0 Å². The summed E-state index contributed by atoms with van der Waals surface area (Å²) in [6, 6.07) is 6.84. The van der Waals surface area contributed by atoms with Crippen molar-refractivity contribution in [2.24, 2.45) is 10.9 Å². The van der Waals surface area contributed by atoms with E-state index in [4.69, 9.17) is 10.00 Å². The number of hydrogen-bond donors (Lipinski definition) is 2. The van der Waals surface area contributed by atoms with Gasteiger partial charge in [0.1, 0.15) is 5.82 Å². The summed E-state index contributed by atoms with van der Waals surface area (Å²) in [4.78, 5) is 7.07. The summed E-state index contributed by atoms with van der Waals surface area (Å²) in [5.74, 6) is 1.02. The molecule has 2 aliphatic heterocycles. The van der Waals surface area contributed by atoms with Crippen molar-refractivity contribution in [2.45, 2.75) is 38.8 Å². The third-order valence-electron chi connectivity index (χ3n) is 5.40. The number of nitriles is 1. The molecule has 3 rings (SSSR count). The molecule has 2 N–H and O–H groups in total. The highest BCUT2D eigenvalue weighted by Crippen LogP contribution is 2.18. The number of aliphatic imine (C=N–C) groups is 1. The van der Waals surface area contributed by atoms with Crippen LogP contribution in [-0.2, 0) is 11.3 Å². The number of ether oxygens (including phenoxy) is 1. The Labute approximate surface area is 166 Å². The standard InChI is InChI=1S/C21H30FN5O/c1-2-24-21(25-13-18-4-3-16(12-23)11-20(18)22)26-19-5-8-27(9-6-19)14-17-7-10-28-15-17/h3-4,11,17,19H,2,5-10,13-15H2,1H3,(H2,24,25,26). The van der Waals surface area contributed by atoms with E-state index in [0.29, 0.717) is 29.0 Å². The van der Waals surface area contributed by atoms with Crippen molar-refractivity contribution in [1.82, 2.24) is 15.5 Å². The van der Waals surface area contributed by atoms with E-state index in [0.717, 1.165) is 52.2 Å². The average molecular weight is 388 g/mol. The van der Waals surface area contributed by atoms with Crippen molar-refractivity contribution in [3.8, 4) is 6.07 Å². The molecule has 1 aromatic rings. The fourth-order valence-electron chi connectivity index (χ4n) is 3.78. The van der Waals surface area contributed by atoms with Gasteiger partial charge in [-0.3, -0.25) is 0 Å². The Bertz CT molecular complexity index is 703. The summed E-state index contributed by atoms with van der Waals surface area (Å²) in [6.07, 6.45) is 3.33. The van der Waals surface area contributed by atoms with E-state index in [1.165, 1.54) is 12.5 Å². The van der Waals surface area contributed by atoms with Gasteiger partial charge in [0.05, 0.1) is 24.8 Å². The van der Waals surface area contributed by atoms with Gasteiger partial charge in [0.2, 0.25) is 0 Å². The van der Waals surface area contributed by atoms with E-state index in [1.54, 1.807) is 12.1 Å². The maximum Gasteiger partial charge on any atom is 0.191 e. The average Bonchev–Trinajstić information content (AvgIpc) is 3.21. The van der Waals surface area contributed by atoms with Crippen LogP contribution in [0.2, 0.25) is 0 Å². The van der Waals surface area contributed by atoms with Crippen molar-refractivity contribution in [2.75, 3.05) is 39.4 Å². The van der Waals surface area contributed by atoms with Gasteiger partial charge in [-0.05, 0) is 44.2 Å². The molecule has 1 atom stereocenters. The molecule has 0 saturated carbocycles. The first-order valence-electron chi connectivity index (χ1n) is 10.2. The number of benzene rings is 1. The normalized spacial score (nSPS) is 21.5. The summed E-state index contributed by atoms with van der Waals surface area (Å²) in [5.41, 5.74) is 0.816. The highest BCUT2D eigenvalue weighted by atomic mass is 19.1. The molecular weight excluding hydrogens is 357 g/mol. The highest BCUT2D eigenvalue weighted by molar-refractivity contribution is 5.80. The lowest BCUT2D eigenvalue weighted by Gasteiger charge is -2.34. The number of halogens is 1. The van der Waals surface area contributed by atoms with Gasteiger partial charge in [-0.25, -0.2) is 9.38 Å². The van der Waals surface area contributed by atoms with Gasteiger partial charge in [-0.1, -0.05) is 6.07 Å². The number of nitrogens with one attached hydrogen (secondary N) is 2. The van der Waals surface area contributed by atoms with E-state index in [-0.39, 0.29) is 12.4 Å². The Morgan fingerprint density at radius 1 is 1.36 bits per heavy atom. The number of hydrogen-bond acceptors (Lipinski definition) is 4. The number of likely N-dealkylation sites (tertiary alicyclic amines) is 1. The van der Waals surface area contributed by atoms with Crippen LogP contribution in [0, 0.1) is 23.1 Å². The van der Waals surface area contributed by atoms with Crippen LogP contribution < -0.4 is 10.6 Å². The van der Waals surface area contributed by atoms with Gasteiger partial charge in [0.15, 0.2) is 5.96 Å². The monoisotopic (exact) mass is 387 g/mol. The van der Waals surface area contributed by atoms with Gasteiger partial charge in [0, 0.05) is 44.4 Å². The topological polar surface area (TPSA) is 72.7 Å². The minimum absolute atomic E-state index is 0.243. The number of guanidine groups is 1. The number of rotatable bonds is 6. The smallest absolute Gasteiger partial charge is 0.191 e. The van der Waals surface area contributed by atoms with E-state index < -0.39 is 0 Å². The van der Waals surface area contributed by atoms with Crippen LogP contribution in [0.3, 0.4) is 0 Å². The van der Waals surface area contributed by atoms with Gasteiger partial charge in [-0.15, -0.1) is 0 Å². The second-order valence-corrected chi connectivity index (χ2v) is 7.56. The molecule has 2 saturated heterocycles. The Morgan fingerprint density at radius 3 is 2.82 bits per heavy atom. The molecule has 28 heavy (non-hydrogen) atoms. The van der Waals surface area contributed by atoms with Crippen molar-refractivity contribution in [1.29, 1.82) is 5.26 Å². The molecule has 152 valence electrons. The van der Waals surface area contributed by atoms with Crippen LogP contribution in [0.4, 0.5) is 4.39 Å². The molecule has 0 aromatic heterocycles. The van der Waals surface area contributed by atoms with Crippen LogP contribution in [0.1, 0.15) is 37.3 Å². The molecule has 7 heteroatoms. The first-order chi connectivity index (χ1) is 13.7. The molecule has 1 unspecified atom stereocenters. The number of nitrogens with zero attached hydrogens (tertiary/aromatic N) is 3. The van der Waals surface area contributed by atoms with Crippen molar-refractivity contribution in [3.63, 3.8) is 0 Å². The van der Waals surface area contributed by atoms with Gasteiger partial charge in [-0.2, -0.15) is 5.26 Å². The molecule has 0 aliphatic carbocycles.